The molecule has 4 aromatic rings. The Morgan fingerprint density at radius 1 is 0.766 bits per heavy atom. The molecule has 246 valence electrons. The van der Waals surface area contributed by atoms with Gasteiger partial charge in [0.15, 0.2) is 0 Å². The third kappa shape index (κ3) is 11.2. The maximum Gasteiger partial charge on any atom is 0.0640 e. The second-order valence-electron chi connectivity index (χ2n) is 11.1. The van der Waals surface area contributed by atoms with Gasteiger partial charge in [-0.1, -0.05) is 43.7 Å². The van der Waals surface area contributed by atoms with Gasteiger partial charge in [0.2, 0.25) is 0 Å². The summed E-state index contributed by atoms with van der Waals surface area (Å²) in [7, 11) is -2.61. The summed E-state index contributed by atoms with van der Waals surface area (Å²) in [5, 5.41) is 17.8. The minimum Gasteiger partial charge on any atom is -0.395 e. The Morgan fingerprint density at radius 3 is 1.72 bits per heavy atom. The number of nitrogens with zero attached hydrogens (tertiary/aromatic N) is 5. The normalized spacial score (nSPS) is 12.0. The molecule has 0 aliphatic heterocycles. The Labute approximate surface area is 281 Å². The van der Waals surface area contributed by atoms with Crippen molar-refractivity contribution in [3.05, 3.63) is 108 Å². The van der Waals surface area contributed by atoms with Crippen LogP contribution >= 0.6 is 0 Å². The van der Waals surface area contributed by atoms with Crippen molar-refractivity contribution in [1.29, 1.82) is 5.26 Å². The van der Waals surface area contributed by atoms with Crippen molar-refractivity contribution in [2.45, 2.75) is 49.8 Å². The van der Waals surface area contributed by atoms with E-state index in [0.29, 0.717) is 16.2 Å². The van der Waals surface area contributed by atoms with Crippen LogP contribution in [0.1, 0.15) is 44.2 Å². The maximum atomic E-state index is 13.3. The SMILES string of the molecule is C=Nc1ccc(S(=C)(=O)c2ccc(N=Cc3ccc(N(CCC)CCC#N)cc3)cc2)cc1.CCCN(CCO)c1ccc(C)cc1. The van der Waals surface area contributed by atoms with Crippen LogP contribution in [0.15, 0.2) is 117 Å². The number of aliphatic hydroxyl groups excluding tert-OH is 1. The van der Waals surface area contributed by atoms with Gasteiger partial charge in [0.1, 0.15) is 0 Å². The van der Waals surface area contributed by atoms with Crippen LogP contribution in [0.3, 0.4) is 0 Å². The van der Waals surface area contributed by atoms with E-state index in [1.807, 2.05) is 36.4 Å². The van der Waals surface area contributed by atoms with E-state index in [9.17, 15) is 4.21 Å². The van der Waals surface area contributed by atoms with Crippen molar-refractivity contribution in [2.75, 3.05) is 42.6 Å². The van der Waals surface area contributed by atoms with Gasteiger partial charge in [-0.2, -0.15) is 5.26 Å². The summed E-state index contributed by atoms with van der Waals surface area (Å²) in [6.45, 7) is 13.5. The van der Waals surface area contributed by atoms with E-state index in [0.717, 1.165) is 61.6 Å². The number of rotatable bonds is 15. The zero-order valence-corrected chi connectivity index (χ0v) is 28.7. The molecule has 0 amide bonds. The second-order valence-corrected chi connectivity index (χ2v) is 13.4. The number of aliphatic imine (C=N–C) groups is 2. The molecule has 7 nitrogen and oxygen atoms in total. The number of nitriles is 1. The lowest BCUT2D eigenvalue weighted by atomic mass is 10.2. The number of anilines is 2. The van der Waals surface area contributed by atoms with Crippen LogP contribution in [0, 0.1) is 18.3 Å². The van der Waals surface area contributed by atoms with Crippen LogP contribution in [-0.4, -0.2) is 60.9 Å². The summed E-state index contributed by atoms with van der Waals surface area (Å²) in [6, 6.07) is 33.2. The van der Waals surface area contributed by atoms with Gasteiger partial charge in [0.25, 0.3) is 0 Å². The monoisotopic (exact) mass is 649 g/mol. The average Bonchev–Trinajstić information content (AvgIpc) is 3.10. The molecular weight excluding hydrogens is 603 g/mol. The average molecular weight is 650 g/mol. The molecule has 0 spiro atoms. The van der Waals surface area contributed by atoms with Gasteiger partial charge < -0.3 is 14.9 Å². The molecule has 0 aliphatic rings. The van der Waals surface area contributed by atoms with Gasteiger partial charge in [-0.05, 0) is 111 Å². The molecule has 0 fully saturated rings. The van der Waals surface area contributed by atoms with Gasteiger partial charge in [-0.3, -0.25) is 14.2 Å². The van der Waals surface area contributed by atoms with E-state index in [4.69, 9.17) is 10.4 Å². The van der Waals surface area contributed by atoms with Crippen LogP contribution in [0.4, 0.5) is 22.7 Å². The summed E-state index contributed by atoms with van der Waals surface area (Å²) < 4.78 is 13.3. The Morgan fingerprint density at radius 2 is 1.26 bits per heavy atom. The maximum absolute atomic E-state index is 13.3. The standard InChI is InChI=1S/C27H28N4OS.C12H19NO/c1-4-19-31(20-5-18-28)25-12-6-22(7-13-25)21-30-24-10-16-27(17-11-24)33(3,32)26-14-8-23(29-2)9-15-26;1-3-8-13(9-10-14)12-6-4-11(2)5-7-12/h6-17,21H,2-5,19-20H2,1H3;4-7,14H,3,8-10H2,1-2H3. The predicted molar refractivity (Wildman–Crippen MR) is 201 cm³/mol. The lowest BCUT2D eigenvalue weighted by Crippen LogP contribution is -2.27. The van der Waals surface area contributed by atoms with Gasteiger partial charge in [0, 0.05) is 63.1 Å². The minimum atomic E-state index is -2.61. The fraction of sp³-hybridized carbons (Fsp3) is 0.282. The van der Waals surface area contributed by atoms with Crippen molar-refractivity contribution in [1.82, 2.24) is 0 Å². The zero-order valence-electron chi connectivity index (χ0n) is 27.9. The molecule has 8 heteroatoms. The quantitative estimate of drug-likeness (QED) is 0.103. The highest BCUT2D eigenvalue weighted by molar-refractivity contribution is 8.00. The van der Waals surface area contributed by atoms with Gasteiger partial charge in [0.05, 0.1) is 30.5 Å². The molecule has 47 heavy (non-hydrogen) atoms. The fourth-order valence-electron chi connectivity index (χ4n) is 4.92. The second kappa shape index (κ2) is 19.1. The highest BCUT2D eigenvalue weighted by atomic mass is 32.2. The number of benzene rings is 4. The minimum absolute atomic E-state index is 0.216. The number of hydrogen-bond donors (Lipinski definition) is 1. The fourth-order valence-corrected chi connectivity index (χ4v) is 6.34. The Balaban J connectivity index is 0.000000358. The molecule has 0 saturated carbocycles. The van der Waals surface area contributed by atoms with Crippen molar-refractivity contribution in [3.8, 4) is 6.07 Å². The first kappa shape index (κ1) is 36.8. The Hall–Kier alpha value is -4.71. The lowest BCUT2D eigenvalue weighted by Gasteiger charge is -2.23. The van der Waals surface area contributed by atoms with Crippen LogP contribution in [0.2, 0.25) is 0 Å². The van der Waals surface area contributed by atoms with E-state index in [1.165, 1.54) is 11.3 Å². The third-order valence-electron chi connectivity index (χ3n) is 7.49. The molecule has 1 unspecified atom stereocenters. The first-order chi connectivity index (χ1) is 22.7. The molecule has 4 rings (SSSR count). The van der Waals surface area contributed by atoms with Gasteiger partial charge in [-0.15, -0.1) is 0 Å². The van der Waals surface area contributed by atoms with Gasteiger partial charge >= 0.3 is 0 Å². The highest BCUT2D eigenvalue weighted by Crippen LogP contribution is 2.25. The van der Waals surface area contributed by atoms with E-state index in [-0.39, 0.29) is 6.61 Å². The van der Waals surface area contributed by atoms with Crippen LogP contribution in [0.5, 0.6) is 0 Å². The summed E-state index contributed by atoms with van der Waals surface area (Å²) in [4.78, 5) is 14.1. The smallest absolute Gasteiger partial charge is 0.0640 e. The molecule has 0 heterocycles. The first-order valence-electron chi connectivity index (χ1n) is 16.0. The van der Waals surface area contributed by atoms with Crippen LogP contribution in [-0.2, 0) is 9.52 Å². The van der Waals surface area contributed by atoms with E-state index < -0.39 is 9.52 Å². The van der Waals surface area contributed by atoms with E-state index >= 15 is 0 Å². The molecule has 0 bridgehead atoms. The summed E-state index contributed by atoms with van der Waals surface area (Å²) in [5.74, 6) is 3.96. The molecule has 4 aromatic carbocycles. The highest BCUT2D eigenvalue weighted by Gasteiger charge is 2.11. The summed E-state index contributed by atoms with van der Waals surface area (Å²) in [6.07, 6.45) is 4.45. The van der Waals surface area contributed by atoms with Crippen molar-refractivity contribution >= 4 is 51.1 Å². The Kier molecular flexibility index (Phi) is 14.9. The van der Waals surface area contributed by atoms with E-state index in [2.05, 4.69) is 95.6 Å². The molecule has 0 saturated heterocycles. The van der Waals surface area contributed by atoms with Gasteiger partial charge in [-0.25, -0.2) is 0 Å². The number of aliphatic hydroxyl groups is 1. The predicted octanol–water partition coefficient (Wildman–Crippen LogP) is 8.24. The molecule has 0 aromatic heterocycles. The van der Waals surface area contributed by atoms with E-state index in [1.54, 1.807) is 30.5 Å². The molecular formula is C39H47N5O2S. The first-order valence-corrected chi connectivity index (χ1v) is 17.7. The van der Waals surface area contributed by atoms with Crippen molar-refractivity contribution in [3.63, 3.8) is 0 Å². The molecule has 1 N–H and O–H groups in total. The summed E-state index contributed by atoms with van der Waals surface area (Å²) in [5.41, 5.74) is 6.06. The summed E-state index contributed by atoms with van der Waals surface area (Å²) >= 11 is 0. The van der Waals surface area contributed by atoms with Crippen LogP contribution < -0.4 is 9.80 Å². The largest absolute Gasteiger partial charge is 0.395 e. The molecule has 0 radical (unpaired) electrons. The zero-order chi connectivity index (χ0) is 34.1. The van der Waals surface area contributed by atoms with Crippen molar-refractivity contribution < 1.29 is 9.32 Å². The topological polar surface area (TPSA) is 92.3 Å². The number of aryl methyl sites for hydroxylation is 1. The number of hydrogen-bond acceptors (Lipinski definition) is 7. The van der Waals surface area contributed by atoms with Crippen LogP contribution in [0.25, 0.3) is 0 Å². The Bertz CT molecular complexity index is 1690. The third-order valence-corrected chi connectivity index (χ3v) is 9.56. The lowest BCUT2D eigenvalue weighted by molar-refractivity contribution is 0.302. The molecule has 1 atom stereocenters. The molecule has 0 aliphatic carbocycles. The van der Waals surface area contributed by atoms with Crippen molar-refractivity contribution in [2.24, 2.45) is 9.98 Å².